The first-order valence-corrected chi connectivity index (χ1v) is 11.6. The van der Waals surface area contributed by atoms with Gasteiger partial charge in [-0.15, -0.1) is 0 Å². The van der Waals surface area contributed by atoms with Gasteiger partial charge in [0.2, 0.25) is 0 Å². The molecular weight excluding hydrogens is 483 g/mol. The number of halogens is 4. The number of Topliss-reactive ketones (excluding diaryl/α,β-unsaturated/α-hetero) is 1. The highest BCUT2D eigenvalue weighted by Crippen LogP contribution is 2.35. The van der Waals surface area contributed by atoms with Gasteiger partial charge in [0, 0.05) is 68.4 Å². The maximum Gasteiger partial charge on any atom is 0.417 e. The standard InChI is InChI=1S/C25H25ClF3N3O3/c1-15-8-22-18(9-19(15)23(33)4-3-7-35-2)14-32(30-22)13-16-11-31(12-16)24(34)17-5-6-21(26)20(10-17)25(27,28)29/h5-6,8-10,14,16H,3-4,7,11-13H2,1-2H3. The second kappa shape index (κ2) is 9.99. The van der Waals surface area contributed by atoms with Crippen LogP contribution >= 0.6 is 11.6 Å². The fraction of sp³-hybridized carbons (Fsp3) is 0.400. The molecule has 0 N–H and O–H groups in total. The fourth-order valence-electron chi connectivity index (χ4n) is 4.31. The molecule has 35 heavy (non-hydrogen) atoms. The van der Waals surface area contributed by atoms with E-state index >= 15 is 0 Å². The number of methoxy groups -OCH3 is 1. The van der Waals surface area contributed by atoms with Crippen LogP contribution in [-0.2, 0) is 17.5 Å². The molecule has 6 nitrogen and oxygen atoms in total. The van der Waals surface area contributed by atoms with Crippen LogP contribution in [0.5, 0.6) is 0 Å². The minimum atomic E-state index is -4.63. The van der Waals surface area contributed by atoms with E-state index in [2.05, 4.69) is 5.10 Å². The first kappa shape index (κ1) is 25.2. The van der Waals surface area contributed by atoms with E-state index in [1.807, 2.05) is 25.3 Å². The molecule has 0 bridgehead atoms. The molecule has 0 aliphatic carbocycles. The Morgan fingerprint density at radius 1 is 1.20 bits per heavy atom. The Labute approximate surface area is 205 Å². The molecule has 0 radical (unpaired) electrons. The maximum absolute atomic E-state index is 13.1. The summed E-state index contributed by atoms with van der Waals surface area (Å²) in [7, 11) is 1.61. The molecule has 1 aliphatic rings. The Kier molecular flexibility index (Phi) is 7.19. The van der Waals surface area contributed by atoms with E-state index in [4.69, 9.17) is 16.3 Å². The molecule has 0 unspecified atom stereocenters. The Bertz CT molecular complexity index is 1270. The SMILES string of the molecule is COCCCC(=O)c1cc2cn(CC3CN(C(=O)c4ccc(Cl)c(C(F)(F)F)c4)C3)nc2cc1C. The number of carbonyl (C=O) groups excluding carboxylic acids is 2. The number of benzene rings is 2. The van der Waals surface area contributed by atoms with Gasteiger partial charge in [-0.1, -0.05) is 11.6 Å². The van der Waals surface area contributed by atoms with Crippen LogP contribution < -0.4 is 0 Å². The summed E-state index contributed by atoms with van der Waals surface area (Å²) < 4.78 is 46.1. The lowest BCUT2D eigenvalue weighted by molar-refractivity contribution is -0.137. The molecule has 1 amide bonds. The predicted octanol–water partition coefficient (Wildman–Crippen LogP) is 5.40. The normalized spacial score (nSPS) is 14.4. The Balaban J connectivity index is 1.39. The monoisotopic (exact) mass is 507 g/mol. The molecule has 1 fully saturated rings. The molecule has 1 aromatic heterocycles. The highest BCUT2D eigenvalue weighted by Gasteiger charge is 2.36. The van der Waals surface area contributed by atoms with Crippen molar-refractivity contribution in [2.45, 2.75) is 32.5 Å². The van der Waals surface area contributed by atoms with Gasteiger partial charge in [0.05, 0.1) is 16.1 Å². The number of carbonyl (C=O) groups is 2. The van der Waals surface area contributed by atoms with Crippen LogP contribution in [0.4, 0.5) is 13.2 Å². The molecule has 0 saturated carbocycles. The number of ketones is 1. The van der Waals surface area contributed by atoms with Gasteiger partial charge in [-0.3, -0.25) is 14.3 Å². The number of ether oxygens (including phenoxy) is 1. The summed E-state index contributed by atoms with van der Waals surface area (Å²) in [5.41, 5.74) is 1.27. The van der Waals surface area contributed by atoms with Crippen LogP contribution in [0.2, 0.25) is 5.02 Å². The van der Waals surface area contributed by atoms with Gasteiger partial charge in [-0.25, -0.2) is 0 Å². The van der Waals surface area contributed by atoms with Crippen molar-refractivity contribution in [3.63, 3.8) is 0 Å². The number of nitrogens with zero attached hydrogens (tertiary/aromatic N) is 3. The molecule has 2 heterocycles. The number of hydrogen-bond donors (Lipinski definition) is 0. The molecule has 1 saturated heterocycles. The minimum absolute atomic E-state index is 0.0387. The first-order chi connectivity index (χ1) is 16.6. The zero-order valence-electron chi connectivity index (χ0n) is 19.4. The van der Waals surface area contributed by atoms with Gasteiger partial charge in [-0.05, 0) is 49.2 Å². The van der Waals surface area contributed by atoms with Crippen LogP contribution in [0.3, 0.4) is 0 Å². The van der Waals surface area contributed by atoms with Crippen molar-refractivity contribution in [3.8, 4) is 0 Å². The summed E-state index contributed by atoms with van der Waals surface area (Å²) in [5, 5.41) is 5.02. The molecule has 3 aromatic rings. The van der Waals surface area contributed by atoms with Crippen LogP contribution in [0.25, 0.3) is 10.9 Å². The number of likely N-dealkylation sites (tertiary alicyclic amines) is 1. The van der Waals surface area contributed by atoms with Crippen molar-refractivity contribution in [2.75, 3.05) is 26.8 Å². The van der Waals surface area contributed by atoms with Crippen molar-refractivity contribution in [1.29, 1.82) is 0 Å². The largest absolute Gasteiger partial charge is 0.417 e. The molecule has 186 valence electrons. The van der Waals surface area contributed by atoms with Crippen molar-refractivity contribution in [2.24, 2.45) is 5.92 Å². The smallest absolute Gasteiger partial charge is 0.385 e. The topological polar surface area (TPSA) is 64.4 Å². The molecule has 4 rings (SSSR count). The average molecular weight is 508 g/mol. The van der Waals surface area contributed by atoms with Crippen LogP contribution in [0.15, 0.2) is 36.5 Å². The van der Waals surface area contributed by atoms with Gasteiger partial charge in [0.15, 0.2) is 5.78 Å². The number of fused-ring (bicyclic) bond motifs is 1. The summed E-state index contributed by atoms with van der Waals surface area (Å²) in [6.45, 7) is 3.82. The second-order valence-electron chi connectivity index (χ2n) is 8.87. The Morgan fingerprint density at radius 2 is 1.94 bits per heavy atom. The third-order valence-electron chi connectivity index (χ3n) is 6.16. The van der Waals surface area contributed by atoms with E-state index in [1.54, 1.807) is 11.8 Å². The van der Waals surface area contributed by atoms with E-state index in [0.717, 1.165) is 28.6 Å². The molecule has 0 spiro atoms. The number of aromatic nitrogens is 2. The molecular formula is C25H25ClF3N3O3. The minimum Gasteiger partial charge on any atom is -0.385 e. The van der Waals surface area contributed by atoms with E-state index in [-0.39, 0.29) is 17.3 Å². The van der Waals surface area contributed by atoms with Gasteiger partial charge < -0.3 is 9.64 Å². The van der Waals surface area contributed by atoms with Gasteiger partial charge in [0.1, 0.15) is 0 Å². The lowest BCUT2D eigenvalue weighted by atomic mass is 9.98. The van der Waals surface area contributed by atoms with Crippen LogP contribution in [0.1, 0.15) is 44.7 Å². The second-order valence-corrected chi connectivity index (χ2v) is 9.27. The summed E-state index contributed by atoms with van der Waals surface area (Å²) in [6, 6.07) is 6.96. The average Bonchev–Trinajstić information content (AvgIpc) is 3.15. The quantitative estimate of drug-likeness (QED) is 0.302. The van der Waals surface area contributed by atoms with E-state index in [0.29, 0.717) is 44.6 Å². The summed E-state index contributed by atoms with van der Waals surface area (Å²) in [5.74, 6) is -0.265. The summed E-state index contributed by atoms with van der Waals surface area (Å²) in [4.78, 5) is 26.7. The van der Waals surface area contributed by atoms with E-state index in [9.17, 15) is 22.8 Å². The van der Waals surface area contributed by atoms with Crippen molar-refractivity contribution < 1.29 is 27.5 Å². The van der Waals surface area contributed by atoms with Crippen LogP contribution in [-0.4, -0.2) is 53.2 Å². The first-order valence-electron chi connectivity index (χ1n) is 11.2. The van der Waals surface area contributed by atoms with Crippen LogP contribution in [0, 0.1) is 12.8 Å². The molecule has 2 aromatic carbocycles. The number of aryl methyl sites for hydroxylation is 1. The Hall–Kier alpha value is -2.91. The zero-order valence-corrected chi connectivity index (χ0v) is 20.1. The lowest BCUT2D eigenvalue weighted by Crippen LogP contribution is -2.51. The molecule has 0 atom stereocenters. The zero-order chi connectivity index (χ0) is 25.3. The predicted molar refractivity (Wildman–Crippen MR) is 126 cm³/mol. The number of hydrogen-bond acceptors (Lipinski definition) is 4. The lowest BCUT2D eigenvalue weighted by Gasteiger charge is -2.39. The summed E-state index contributed by atoms with van der Waals surface area (Å²) in [6.07, 6.45) is -1.67. The Morgan fingerprint density at radius 3 is 2.63 bits per heavy atom. The number of alkyl halides is 3. The van der Waals surface area contributed by atoms with Gasteiger partial charge in [-0.2, -0.15) is 18.3 Å². The van der Waals surface area contributed by atoms with Gasteiger partial charge in [0.25, 0.3) is 5.91 Å². The van der Waals surface area contributed by atoms with Crippen molar-refractivity contribution in [1.82, 2.24) is 14.7 Å². The van der Waals surface area contributed by atoms with Crippen molar-refractivity contribution in [3.05, 3.63) is 63.8 Å². The van der Waals surface area contributed by atoms with E-state index in [1.165, 1.54) is 11.0 Å². The highest BCUT2D eigenvalue weighted by atomic mass is 35.5. The third kappa shape index (κ3) is 5.51. The summed E-state index contributed by atoms with van der Waals surface area (Å²) >= 11 is 5.65. The van der Waals surface area contributed by atoms with Gasteiger partial charge >= 0.3 is 6.18 Å². The number of amides is 1. The molecule has 1 aliphatic heterocycles. The molecule has 10 heteroatoms. The maximum atomic E-state index is 13.1. The van der Waals surface area contributed by atoms with E-state index < -0.39 is 22.7 Å². The fourth-order valence-corrected chi connectivity index (χ4v) is 4.53. The third-order valence-corrected chi connectivity index (χ3v) is 6.49. The number of rotatable bonds is 8. The van der Waals surface area contributed by atoms with Crippen molar-refractivity contribution >= 4 is 34.2 Å². The highest BCUT2D eigenvalue weighted by molar-refractivity contribution is 6.31.